The molecule has 0 fully saturated rings. The number of hydrazone groups is 1. The molecule has 0 bridgehead atoms. The molecule has 3 aromatic carbocycles. The van der Waals surface area contributed by atoms with Gasteiger partial charge >= 0.3 is 12.0 Å². The van der Waals surface area contributed by atoms with Gasteiger partial charge in [-0.3, -0.25) is 5.43 Å². The number of hydrogen-bond donors (Lipinski definition) is 4. The summed E-state index contributed by atoms with van der Waals surface area (Å²) in [7, 11) is 1.27. The van der Waals surface area contributed by atoms with E-state index in [1.807, 2.05) is 6.07 Å². The minimum Gasteiger partial charge on any atom is -0.490 e. The molecule has 1 aliphatic rings. The number of hydrogen-bond acceptors (Lipinski definition) is 9. The van der Waals surface area contributed by atoms with Crippen molar-refractivity contribution in [3.8, 4) is 17.2 Å². The molecule has 0 aliphatic carbocycles. The van der Waals surface area contributed by atoms with Gasteiger partial charge in [-0.05, 0) is 93.8 Å². The highest BCUT2D eigenvalue weighted by Crippen LogP contribution is 2.35. The van der Waals surface area contributed by atoms with E-state index in [-0.39, 0.29) is 24.6 Å². The number of carbonyl (C=O) groups excluding carboxylic acids is 2. The normalized spacial score (nSPS) is 15.3. The number of halogens is 3. The molecule has 14 heteroatoms. The van der Waals surface area contributed by atoms with E-state index in [1.165, 1.54) is 19.4 Å². The maximum absolute atomic E-state index is 13.9. The number of aliphatic hydroxyl groups is 1. The van der Waals surface area contributed by atoms with Crippen LogP contribution in [0.25, 0.3) is 0 Å². The number of nitrogens with one attached hydrogen (secondary N) is 3. The van der Waals surface area contributed by atoms with Crippen LogP contribution in [0.1, 0.15) is 36.6 Å². The zero-order valence-electron chi connectivity index (χ0n) is 24.5. The lowest BCUT2D eigenvalue weighted by Gasteiger charge is -2.28. The number of amides is 2. The fourth-order valence-electron chi connectivity index (χ4n) is 4.38. The van der Waals surface area contributed by atoms with E-state index < -0.39 is 24.3 Å². The molecular formula is C31H31BrFIN4O7. The van der Waals surface area contributed by atoms with Crippen molar-refractivity contribution in [2.75, 3.05) is 20.3 Å². The fraction of sp³-hybridized carbons (Fsp3) is 0.258. The Kier molecular flexibility index (Phi) is 12.0. The molecule has 2 amide bonds. The van der Waals surface area contributed by atoms with E-state index in [0.29, 0.717) is 45.2 Å². The average Bonchev–Trinajstić information content (AvgIpc) is 3.00. The molecular weight excluding hydrogens is 766 g/mol. The van der Waals surface area contributed by atoms with Gasteiger partial charge in [0.15, 0.2) is 17.7 Å². The van der Waals surface area contributed by atoms with E-state index in [1.54, 1.807) is 56.3 Å². The van der Waals surface area contributed by atoms with Crippen LogP contribution in [0.2, 0.25) is 0 Å². The summed E-state index contributed by atoms with van der Waals surface area (Å²) in [4.78, 5) is 24.6. The summed E-state index contributed by atoms with van der Waals surface area (Å²) in [6.07, 6.45) is 0.361. The van der Waals surface area contributed by atoms with Crippen LogP contribution in [0.4, 0.5) is 9.18 Å². The lowest BCUT2D eigenvalue weighted by Crippen LogP contribution is -2.45. The van der Waals surface area contributed by atoms with Gasteiger partial charge in [0, 0.05) is 11.3 Å². The molecule has 0 radical (unpaired) electrons. The highest BCUT2D eigenvalue weighted by Gasteiger charge is 2.32. The first-order valence-electron chi connectivity index (χ1n) is 13.7. The maximum Gasteiger partial charge on any atom is 0.337 e. The first-order chi connectivity index (χ1) is 21.6. The summed E-state index contributed by atoms with van der Waals surface area (Å²) in [6, 6.07) is 13.8. The number of benzene rings is 3. The number of nitrogens with zero attached hydrogens (tertiary/aromatic N) is 1. The molecule has 11 nitrogen and oxygen atoms in total. The summed E-state index contributed by atoms with van der Waals surface area (Å²) in [5.74, 6) is 0.362. The van der Waals surface area contributed by atoms with Crippen LogP contribution in [-0.2, 0) is 16.1 Å². The Morgan fingerprint density at radius 2 is 1.96 bits per heavy atom. The van der Waals surface area contributed by atoms with Gasteiger partial charge in [0.25, 0.3) is 0 Å². The second kappa shape index (κ2) is 15.9. The minimum atomic E-state index is -1.17. The van der Waals surface area contributed by atoms with Crippen LogP contribution < -0.4 is 30.3 Å². The first kappa shape index (κ1) is 34.0. The number of aliphatic hydroxyl groups excluding tert-OH is 1. The second-order valence-corrected chi connectivity index (χ2v) is 11.6. The van der Waals surface area contributed by atoms with E-state index in [2.05, 4.69) is 59.7 Å². The zero-order chi connectivity index (χ0) is 32.5. The largest absolute Gasteiger partial charge is 0.490 e. The number of carbonyl (C=O) groups is 2. The summed E-state index contributed by atoms with van der Waals surface area (Å²) < 4.78 is 37.7. The van der Waals surface area contributed by atoms with Gasteiger partial charge in [0.2, 0.25) is 0 Å². The van der Waals surface area contributed by atoms with Crippen LogP contribution in [0.3, 0.4) is 0 Å². The lowest BCUT2D eigenvalue weighted by atomic mass is 9.95. The Bertz CT molecular complexity index is 1600. The Morgan fingerprint density at radius 3 is 2.67 bits per heavy atom. The van der Waals surface area contributed by atoms with Gasteiger partial charge in [-0.15, -0.1) is 0 Å². The number of rotatable bonds is 13. The summed E-state index contributed by atoms with van der Waals surface area (Å²) >= 11 is 5.62. The second-order valence-electron chi connectivity index (χ2n) is 9.61. The van der Waals surface area contributed by atoms with E-state index >= 15 is 0 Å². The monoisotopic (exact) mass is 796 g/mol. The van der Waals surface area contributed by atoms with Crippen LogP contribution in [-0.4, -0.2) is 49.9 Å². The number of esters is 1. The Balaban J connectivity index is 1.37. The van der Waals surface area contributed by atoms with E-state index in [9.17, 15) is 19.1 Å². The standard InChI is InChI=1S/C31H31BrFIN4O7/c1-4-43-25-13-19(28-27(30(40)42-3)17(2)36-31(41)37-28)9-10-24(25)44-16-26(39)38-35-14-18-11-21(32)29(23(34)12-18)45-15-20-7-5-6-8-22(20)33/h5-14,26,28,38-39H,4,15-16H2,1-3H3,(H2,36,37,41)/b35-14-/t26-,28+/m1/s1. The van der Waals surface area contributed by atoms with Crippen molar-refractivity contribution >= 4 is 56.7 Å². The Hall–Kier alpha value is -3.89. The molecule has 4 N–H and O–H groups in total. The molecule has 0 spiro atoms. The molecule has 0 aromatic heterocycles. The van der Waals surface area contributed by atoms with Gasteiger partial charge in [0.1, 0.15) is 24.8 Å². The summed E-state index contributed by atoms with van der Waals surface area (Å²) in [6.45, 7) is 3.66. The molecule has 2 atom stereocenters. The predicted octanol–water partition coefficient (Wildman–Crippen LogP) is 5.29. The van der Waals surface area contributed by atoms with Crippen LogP contribution in [0.5, 0.6) is 17.2 Å². The third-order valence-corrected chi connectivity index (χ3v) is 7.85. The van der Waals surface area contributed by atoms with Crippen molar-refractivity contribution in [1.82, 2.24) is 16.1 Å². The van der Waals surface area contributed by atoms with Gasteiger partial charge < -0.3 is 34.7 Å². The molecule has 1 aliphatic heterocycles. The maximum atomic E-state index is 13.9. The molecule has 1 heterocycles. The van der Waals surface area contributed by atoms with Gasteiger partial charge in [0.05, 0.1) is 39.6 Å². The quantitative estimate of drug-likeness (QED) is 0.0602. The van der Waals surface area contributed by atoms with E-state index in [4.69, 9.17) is 18.9 Å². The zero-order valence-corrected chi connectivity index (χ0v) is 28.3. The molecule has 0 saturated heterocycles. The first-order valence-corrected chi connectivity index (χ1v) is 15.6. The molecule has 3 aromatic rings. The molecule has 45 heavy (non-hydrogen) atoms. The van der Waals surface area contributed by atoms with Crippen LogP contribution in [0, 0.1) is 9.39 Å². The number of allylic oxidation sites excluding steroid dienone is 1. The smallest absolute Gasteiger partial charge is 0.337 e. The SMILES string of the molecule is CCOc1cc([C@@H]2NC(=O)NC(C)=C2C(=O)OC)ccc1OC[C@@H](O)N/N=C\c1cc(Br)c(OCc2ccccc2F)c(I)c1. The number of ether oxygens (including phenoxy) is 4. The van der Waals surface area contributed by atoms with E-state index in [0.717, 1.165) is 9.13 Å². The van der Waals surface area contributed by atoms with Crippen LogP contribution >= 0.6 is 38.5 Å². The van der Waals surface area contributed by atoms with Crippen molar-refractivity contribution in [1.29, 1.82) is 0 Å². The summed E-state index contributed by atoms with van der Waals surface area (Å²) in [5.41, 5.74) is 5.01. The third-order valence-electron chi connectivity index (χ3n) is 6.46. The third kappa shape index (κ3) is 8.85. The van der Waals surface area contributed by atoms with Crippen molar-refractivity contribution in [3.05, 3.63) is 96.4 Å². The van der Waals surface area contributed by atoms with Crippen molar-refractivity contribution in [2.45, 2.75) is 32.7 Å². The van der Waals surface area contributed by atoms with Crippen molar-refractivity contribution in [3.63, 3.8) is 0 Å². The minimum absolute atomic E-state index is 0.0794. The summed E-state index contributed by atoms with van der Waals surface area (Å²) in [5, 5.41) is 19.9. The molecule has 0 unspecified atom stereocenters. The van der Waals surface area contributed by atoms with Crippen LogP contribution in [0.15, 0.2) is 75.4 Å². The van der Waals surface area contributed by atoms with Gasteiger partial charge in [-0.1, -0.05) is 24.3 Å². The van der Waals surface area contributed by atoms with Crippen molar-refractivity contribution < 1.29 is 38.0 Å². The Labute approximate surface area is 281 Å². The highest BCUT2D eigenvalue weighted by atomic mass is 127. The number of methoxy groups -OCH3 is 1. The lowest BCUT2D eigenvalue weighted by molar-refractivity contribution is -0.136. The highest BCUT2D eigenvalue weighted by molar-refractivity contribution is 14.1. The molecule has 238 valence electrons. The number of urea groups is 1. The van der Waals surface area contributed by atoms with Gasteiger partial charge in [-0.2, -0.15) is 5.10 Å². The fourth-order valence-corrected chi connectivity index (χ4v) is 6.15. The average molecular weight is 797 g/mol. The predicted molar refractivity (Wildman–Crippen MR) is 177 cm³/mol. The molecule has 4 rings (SSSR count). The van der Waals surface area contributed by atoms with Gasteiger partial charge in [-0.25, -0.2) is 14.0 Å². The van der Waals surface area contributed by atoms with Crippen molar-refractivity contribution in [2.24, 2.45) is 5.10 Å². The Morgan fingerprint density at radius 1 is 1.18 bits per heavy atom. The topological polar surface area (TPSA) is 140 Å². The molecule has 0 saturated carbocycles.